The maximum Gasteiger partial charge on any atom is 0.335 e. The van der Waals surface area contributed by atoms with Gasteiger partial charge in [0.1, 0.15) is 0 Å². The van der Waals surface area contributed by atoms with Crippen molar-refractivity contribution in [2.75, 3.05) is 0 Å². The van der Waals surface area contributed by atoms with Gasteiger partial charge in [0, 0.05) is 5.56 Å². The number of ether oxygens (including phenoxy) is 1. The van der Waals surface area contributed by atoms with Crippen molar-refractivity contribution < 1.29 is 19.4 Å². The first-order valence-corrected chi connectivity index (χ1v) is 9.35. The van der Waals surface area contributed by atoms with E-state index in [9.17, 15) is 14.7 Å². The highest BCUT2D eigenvalue weighted by atomic mass is 16.5. The minimum Gasteiger partial charge on any atom is -0.479 e. The molecular formula is C24H23NO4. The second-order valence-corrected chi connectivity index (χ2v) is 6.78. The first kappa shape index (κ1) is 20.3. The first-order chi connectivity index (χ1) is 14.0. The minimum atomic E-state index is -1.24. The molecule has 0 aliphatic heterocycles. The van der Waals surface area contributed by atoms with E-state index < -0.39 is 18.1 Å². The van der Waals surface area contributed by atoms with Crippen LogP contribution in [0.3, 0.4) is 0 Å². The van der Waals surface area contributed by atoms with Gasteiger partial charge in [0.15, 0.2) is 6.10 Å². The lowest BCUT2D eigenvalue weighted by atomic mass is 9.99. The molecule has 0 unspecified atom stereocenters. The predicted octanol–water partition coefficient (Wildman–Crippen LogP) is 4.14. The van der Waals surface area contributed by atoms with Gasteiger partial charge in [0.25, 0.3) is 5.91 Å². The van der Waals surface area contributed by atoms with Crippen LogP contribution in [0.4, 0.5) is 0 Å². The van der Waals surface area contributed by atoms with Crippen LogP contribution >= 0.6 is 0 Å². The predicted molar refractivity (Wildman–Crippen MR) is 110 cm³/mol. The lowest BCUT2D eigenvalue weighted by Gasteiger charge is -2.26. The number of amides is 1. The standard InChI is InChI=1S/C24H23NO4/c1-17-12-14-19(15-13-17)21(25-23(26)20-10-6-3-7-11-20)22(24(27)28)29-16-18-8-4-2-5-9-18/h2-15,21-22H,16H2,1H3,(H,25,26)(H,27,28)/t21-,22+/m0/s1. The van der Waals surface area contributed by atoms with E-state index in [0.717, 1.165) is 11.1 Å². The molecule has 0 spiro atoms. The Morgan fingerprint density at radius 2 is 1.48 bits per heavy atom. The van der Waals surface area contributed by atoms with Crippen LogP contribution in [0.2, 0.25) is 0 Å². The average Bonchev–Trinajstić information content (AvgIpc) is 2.75. The van der Waals surface area contributed by atoms with E-state index in [2.05, 4.69) is 5.32 Å². The van der Waals surface area contributed by atoms with Gasteiger partial charge in [-0.1, -0.05) is 78.4 Å². The largest absolute Gasteiger partial charge is 0.479 e. The molecule has 148 valence electrons. The van der Waals surface area contributed by atoms with Gasteiger partial charge < -0.3 is 15.2 Å². The number of aryl methyl sites for hydroxylation is 1. The Bertz CT molecular complexity index is 940. The minimum absolute atomic E-state index is 0.126. The number of aliphatic carboxylic acids is 1. The lowest BCUT2D eigenvalue weighted by molar-refractivity contribution is -0.153. The van der Waals surface area contributed by atoms with E-state index in [4.69, 9.17) is 4.74 Å². The molecule has 3 aromatic carbocycles. The van der Waals surface area contributed by atoms with E-state index >= 15 is 0 Å². The molecule has 0 radical (unpaired) electrons. The summed E-state index contributed by atoms with van der Waals surface area (Å²) in [5, 5.41) is 12.7. The fourth-order valence-electron chi connectivity index (χ4n) is 2.99. The topological polar surface area (TPSA) is 75.6 Å². The van der Waals surface area contributed by atoms with Crippen molar-refractivity contribution in [3.8, 4) is 0 Å². The third-order valence-corrected chi connectivity index (χ3v) is 4.58. The van der Waals surface area contributed by atoms with Crippen molar-refractivity contribution in [3.05, 3.63) is 107 Å². The SMILES string of the molecule is Cc1ccc([C@H](NC(=O)c2ccccc2)[C@@H](OCc2ccccc2)C(=O)O)cc1. The molecule has 5 heteroatoms. The number of carbonyl (C=O) groups is 2. The van der Waals surface area contributed by atoms with Crippen LogP contribution in [-0.4, -0.2) is 23.1 Å². The van der Waals surface area contributed by atoms with Gasteiger partial charge in [0.05, 0.1) is 12.6 Å². The van der Waals surface area contributed by atoms with Crippen molar-refractivity contribution in [1.29, 1.82) is 0 Å². The summed E-state index contributed by atoms with van der Waals surface area (Å²) in [5.74, 6) is -1.49. The fourth-order valence-corrected chi connectivity index (χ4v) is 2.99. The highest BCUT2D eigenvalue weighted by Crippen LogP contribution is 2.22. The number of carbonyl (C=O) groups excluding carboxylic acids is 1. The number of carboxylic acid groups (broad SMARTS) is 1. The summed E-state index contributed by atoms with van der Waals surface area (Å²) in [5.41, 5.74) is 3.02. The molecule has 3 aromatic rings. The molecule has 0 aliphatic carbocycles. The normalized spacial score (nSPS) is 12.7. The Labute approximate surface area is 170 Å². The highest BCUT2D eigenvalue weighted by molar-refractivity contribution is 5.94. The third kappa shape index (κ3) is 5.53. The van der Waals surface area contributed by atoms with E-state index in [0.29, 0.717) is 11.1 Å². The Morgan fingerprint density at radius 3 is 2.07 bits per heavy atom. The molecule has 0 bridgehead atoms. The molecule has 2 atom stereocenters. The molecular weight excluding hydrogens is 366 g/mol. The number of benzene rings is 3. The Balaban J connectivity index is 1.87. The van der Waals surface area contributed by atoms with Crippen molar-refractivity contribution in [2.24, 2.45) is 0 Å². The summed E-state index contributed by atoms with van der Waals surface area (Å²) in [6, 6.07) is 24.6. The maximum absolute atomic E-state index is 12.7. The zero-order valence-corrected chi connectivity index (χ0v) is 16.1. The van der Waals surface area contributed by atoms with Crippen LogP contribution in [0.5, 0.6) is 0 Å². The molecule has 5 nitrogen and oxygen atoms in total. The summed E-state index contributed by atoms with van der Waals surface area (Å²) in [6.07, 6.45) is -1.24. The number of carboxylic acids is 1. The van der Waals surface area contributed by atoms with Crippen LogP contribution < -0.4 is 5.32 Å². The maximum atomic E-state index is 12.7. The summed E-state index contributed by atoms with van der Waals surface area (Å²) in [7, 11) is 0. The molecule has 1 amide bonds. The first-order valence-electron chi connectivity index (χ1n) is 9.35. The van der Waals surface area contributed by atoms with Gasteiger partial charge in [0.2, 0.25) is 0 Å². The van der Waals surface area contributed by atoms with Crippen molar-refractivity contribution >= 4 is 11.9 Å². The summed E-state index contributed by atoms with van der Waals surface area (Å²) >= 11 is 0. The summed E-state index contributed by atoms with van der Waals surface area (Å²) in [4.78, 5) is 24.8. The van der Waals surface area contributed by atoms with Crippen molar-refractivity contribution in [2.45, 2.75) is 25.7 Å². The summed E-state index contributed by atoms with van der Waals surface area (Å²) < 4.78 is 5.76. The molecule has 29 heavy (non-hydrogen) atoms. The van der Waals surface area contributed by atoms with Crippen molar-refractivity contribution in [1.82, 2.24) is 5.32 Å². The smallest absolute Gasteiger partial charge is 0.335 e. The zero-order chi connectivity index (χ0) is 20.6. The van der Waals surface area contributed by atoms with Gasteiger partial charge in [-0.3, -0.25) is 4.79 Å². The molecule has 0 aliphatic rings. The van der Waals surface area contributed by atoms with Crippen LogP contribution in [0.15, 0.2) is 84.9 Å². The second kappa shape index (κ2) is 9.66. The monoisotopic (exact) mass is 389 g/mol. The lowest BCUT2D eigenvalue weighted by Crippen LogP contribution is -2.42. The molecule has 2 N–H and O–H groups in total. The zero-order valence-electron chi connectivity index (χ0n) is 16.1. The number of nitrogens with one attached hydrogen (secondary N) is 1. The highest BCUT2D eigenvalue weighted by Gasteiger charge is 2.32. The van der Waals surface area contributed by atoms with Crippen LogP contribution in [-0.2, 0) is 16.1 Å². The van der Waals surface area contributed by atoms with E-state index in [1.807, 2.05) is 67.6 Å². The fraction of sp³-hybridized carbons (Fsp3) is 0.167. The van der Waals surface area contributed by atoms with Gasteiger partial charge in [-0.25, -0.2) is 4.79 Å². The summed E-state index contributed by atoms with van der Waals surface area (Å²) in [6.45, 7) is 2.07. The molecule has 3 rings (SSSR count). The number of hydrogen-bond acceptors (Lipinski definition) is 3. The Kier molecular flexibility index (Phi) is 6.76. The van der Waals surface area contributed by atoms with E-state index in [1.165, 1.54) is 0 Å². The second-order valence-electron chi connectivity index (χ2n) is 6.78. The Hall–Kier alpha value is -3.44. The van der Waals surface area contributed by atoms with Crippen LogP contribution in [0.25, 0.3) is 0 Å². The number of rotatable bonds is 8. The van der Waals surface area contributed by atoms with E-state index in [-0.39, 0.29) is 12.5 Å². The average molecular weight is 389 g/mol. The van der Waals surface area contributed by atoms with Crippen molar-refractivity contribution in [3.63, 3.8) is 0 Å². The molecule has 0 heterocycles. The van der Waals surface area contributed by atoms with Gasteiger partial charge >= 0.3 is 5.97 Å². The van der Waals surface area contributed by atoms with Gasteiger partial charge in [-0.15, -0.1) is 0 Å². The third-order valence-electron chi connectivity index (χ3n) is 4.58. The quantitative estimate of drug-likeness (QED) is 0.607. The molecule has 0 fully saturated rings. The van der Waals surface area contributed by atoms with E-state index in [1.54, 1.807) is 24.3 Å². The molecule has 0 aromatic heterocycles. The van der Waals surface area contributed by atoms with Crippen LogP contribution in [0.1, 0.15) is 33.1 Å². The van der Waals surface area contributed by atoms with Crippen LogP contribution in [0, 0.1) is 6.92 Å². The van der Waals surface area contributed by atoms with Gasteiger partial charge in [-0.2, -0.15) is 0 Å². The number of hydrogen-bond donors (Lipinski definition) is 2. The molecule has 0 saturated carbocycles. The molecule has 0 saturated heterocycles. The van der Waals surface area contributed by atoms with Gasteiger partial charge in [-0.05, 0) is 30.2 Å². The Morgan fingerprint density at radius 1 is 0.897 bits per heavy atom.